The van der Waals surface area contributed by atoms with Gasteiger partial charge in [-0.3, -0.25) is 4.79 Å². The Morgan fingerprint density at radius 3 is 2.65 bits per heavy atom. The van der Waals surface area contributed by atoms with Gasteiger partial charge in [0.1, 0.15) is 5.82 Å². The lowest BCUT2D eigenvalue weighted by atomic mass is 10.1. The Morgan fingerprint density at radius 1 is 1.30 bits per heavy atom. The van der Waals surface area contributed by atoms with E-state index in [-0.39, 0.29) is 23.6 Å². The summed E-state index contributed by atoms with van der Waals surface area (Å²) in [5, 5.41) is 3.10. The van der Waals surface area contributed by atoms with Crippen molar-refractivity contribution in [3.05, 3.63) is 61.9 Å². The molecule has 0 radical (unpaired) electrons. The van der Waals surface area contributed by atoms with E-state index >= 15 is 0 Å². The third-order valence-electron chi connectivity index (χ3n) is 3.03. The molecule has 0 saturated heterocycles. The van der Waals surface area contributed by atoms with Crippen molar-refractivity contribution in [1.82, 2.24) is 0 Å². The van der Waals surface area contributed by atoms with Gasteiger partial charge in [-0.2, -0.15) is 0 Å². The number of carbonyl (C=O) groups excluding carboxylic acids is 2. The fourth-order valence-corrected chi connectivity index (χ4v) is 2.90. The van der Waals surface area contributed by atoms with E-state index in [9.17, 15) is 14.0 Å². The summed E-state index contributed by atoms with van der Waals surface area (Å²) >= 11 is 7.87. The molecule has 0 spiro atoms. The largest absolute Gasteiger partial charge is 0.465 e. The van der Waals surface area contributed by atoms with Crippen LogP contribution < -0.4 is 5.32 Å². The molecule has 2 rings (SSSR count). The van der Waals surface area contributed by atoms with Crippen LogP contribution in [0.15, 0.2) is 36.4 Å². The van der Waals surface area contributed by atoms with Crippen LogP contribution in [0.1, 0.15) is 15.9 Å². The van der Waals surface area contributed by atoms with Crippen LogP contribution in [0.4, 0.5) is 10.1 Å². The molecule has 2 aromatic carbocycles. The molecule has 1 amide bonds. The predicted octanol–water partition coefficient (Wildman–Crippen LogP) is 4.05. The second-order valence-corrected chi connectivity index (χ2v) is 6.19. The van der Waals surface area contributed by atoms with Crippen molar-refractivity contribution in [1.29, 1.82) is 0 Å². The van der Waals surface area contributed by atoms with Crippen LogP contribution in [0, 0.1) is 9.39 Å². The first-order valence-electron chi connectivity index (χ1n) is 6.53. The Balaban J connectivity index is 2.27. The number of methoxy groups -OCH3 is 1. The number of rotatable bonds is 4. The zero-order chi connectivity index (χ0) is 17.0. The summed E-state index contributed by atoms with van der Waals surface area (Å²) in [7, 11) is 1.19. The highest BCUT2D eigenvalue weighted by molar-refractivity contribution is 14.1. The fourth-order valence-electron chi connectivity index (χ4n) is 1.97. The first-order chi connectivity index (χ1) is 10.9. The van der Waals surface area contributed by atoms with Crippen LogP contribution in [-0.4, -0.2) is 19.0 Å². The summed E-state index contributed by atoms with van der Waals surface area (Å²) in [5.74, 6) is -1.68. The number of halogens is 3. The van der Waals surface area contributed by atoms with Gasteiger partial charge in [0.15, 0.2) is 0 Å². The van der Waals surface area contributed by atoms with Gasteiger partial charge in [0.2, 0.25) is 5.91 Å². The highest BCUT2D eigenvalue weighted by Crippen LogP contribution is 2.26. The summed E-state index contributed by atoms with van der Waals surface area (Å²) < 4.78 is 18.5. The monoisotopic (exact) mass is 447 g/mol. The van der Waals surface area contributed by atoms with Crippen LogP contribution in [0.2, 0.25) is 5.02 Å². The van der Waals surface area contributed by atoms with E-state index < -0.39 is 11.8 Å². The number of carbonyl (C=O) groups is 2. The van der Waals surface area contributed by atoms with Gasteiger partial charge in [-0.15, -0.1) is 0 Å². The Morgan fingerprint density at radius 2 is 2.00 bits per heavy atom. The normalized spacial score (nSPS) is 10.3. The Hall–Kier alpha value is -1.67. The van der Waals surface area contributed by atoms with Gasteiger partial charge >= 0.3 is 5.97 Å². The molecule has 2 aromatic rings. The molecule has 0 aliphatic rings. The van der Waals surface area contributed by atoms with E-state index in [1.54, 1.807) is 24.3 Å². The van der Waals surface area contributed by atoms with Crippen LogP contribution in [0.25, 0.3) is 0 Å². The molecule has 120 valence electrons. The average Bonchev–Trinajstić information content (AvgIpc) is 2.51. The van der Waals surface area contributed by atoms with E-state index in [4.69, 9.17) is 11.6 Å². The quantitative estimate of drug-likeness (QED) is 0.568. The highest BCUT2D eigenvalue weighted by Gasteiger charge is 2.19. The van der Waals surface area contributed by atoms with E-state index in [1.165, 1.54) is 13.2 Å². The highest BCUT2D eigenvalue weighted by atomic mass is 127. The molecular weight excluding hydrogens is 436 g/mol. The molecule has 0 heterocycles. The number of benzene rings is 2. The number of ether oxygens (including phenoxy) is 1. The standard InChI is InChI=1S/C16H12ClFINO3/c1-23-16(22)11-7-10(18)8-13(19)15(11)20-14(21)6-9-4-2-3-5-12(9)17/h2-5,7-8H,6H2,1H3,(H,20,21). The van der Waals surface area contributed by atoms with Gasteiger partial charge in [0, 0.05) is 8.59 Å². The van der Waals surface area contributed by atoms with Gasteiger partial charge in [-0.05, 0) is 46.4 Å². The van der Waals surface area contributed by atoms with Crippen molar-refractivity contribution in [2.75, 3.05) is 12.4 Å². The van der Waals surface area contributed by atoms with Crippen molar-refractivity contribution in [3.8, 4) is 0 Å². The number of hydrogen-bond donors (Lipinski definition) is 1. The maximum absolute atomic E-state index is 13.5. The lowest BCUT2D eigenvalue weighted by molar-refractivity contribution is -0.115. The number of nitrogens with one attached hydrogen (secondary N) is 1. The minimum Gasteiger partial charge on any atom is -0.465 e. The Kier molecular flexibility index (Phi) is 5.95. The zero-order valence-electron chi connectivity index (χ0n) is 12.0. The summed E-state index contributed by atoms with van der Waals surface area (Å²) in [6.45, 7) is 0. The molecule has 0 bridgehead atoms. The molecule has 1 N–H and O–H groups in total. The van der Waals surface area contributed by atoms with E-state index in [1.807, 2.05) is 22.6 Å². The van der Waals surface area contributed by atoms with Crippen LogP contribution in [0.5, 0.6) is 0 Å². The summed E-state index contributed by atoms with van der Waals surface area (Å²) in [6.07, 6.45) is 0.0355. The predicted molar refractivity (Wildman–Crippen MR) is 94.2 cm³/mol. The molecule has 7 heteroatoms. The first kappa shape index (κ1) is 17.7. The minimum atomic E-state index is -0.726. The summed E-state index contributed by atoms with van der Waals surface area (Å²) in [6, 6.07) is 9.21. The van der Waals surface area contributed by atoms with Crippen molar-refractivity contribution in [2.24, 2.45) is 0 Å². The van der Waals surface area contributed by atoms with Crippen molar-refractivity contribution in [2.45, 2.75) is 6.42 Å². The molecule has 0 saturated carbocycles. The van der Waals surface area contributed by atoms with E-state index in [0.717, 1.165) is 6.07 Å². The van der Waals surface area contributed by atoms with Crippen LogP contribution >= 0.6 is 34.2 Å². The van der Waals surface area contributed by atoms with Crippen molar-refractivity contribution >= 4 is 51.8 Å². The zero-order valence-corrected chi connectivity index (χ0v) is 14.9. The lowest BCUT2D eigenvalue weighted by Crippen LogP contribution is -2.18. The SMILES string of the molecule is COC(=O)c1cc(F)cc(I)c1NC(=O)Cc1ccccc1Cl. The van der Waals surface area contributed by atoms with Gasteiger partial charge in [-0.1, -0.05) is 29.8 Å². The fraction of sp³-hybridized carbons (Fsp3) is 0.125. The van der Waals surface area contributed by atoms with Gasteiger partial charge in [0.25, 0.3) is 0 Å². The summed E-state index contributed by atoms with van der Waals surface area (Å²) in [5.41, 5.74) is 0.837. The molecule has 0 unspecified atom stereocenters. The third-order valence-corrected chi connectivity index (χ3v) is 4.25. The Labute approximate surface area is 151 Å². The van der Waals surface area contributed by atoms with Crippen LogP contribution in [0.3, 0.4) is 0 Å². The second kappa shape index (κ2) is 7.74. The Bertz CT molecular complexity index is 767. The molecule has 0 atom stereocenters. The van der Waals surface area contributed by atoms with Gasteiger partial charge < -0.3 is 10.1 Å². The smallest absolute Gasteiger partial charge is 0.340 e. The van der Waals surface area contributed by atoms with Crippen LogP contribution in [-0.2, 0) is 16.0 Å². The van der Waals surface area contributed by atoms with Crippen molar-refractivity contribution in [3.63, 3.8) is 0 Å². The van der Waals surface area contributed by atoms with Gasteiger partial charge in [-0.25, -0.2) is 9.18 Å². The second-order valence-electron chi connectivity index (χ2n) is 4.62. The van der Waals surface area contributed by atoms with E-state index in [0.29, 0.717) is 14.2 Å². The van der Waals surface area contributed by atoms with Crippen molar-refractivity contribution < 1.29 is 18.7 Å². The molecule has 4 nitrogen and oxygen atoms in total. The molecule has 0 aromatic heterocycles. The number of amides is 1. The number of hydrogen-bond acceptors (Lipinski definition) is 3. The van der Waals surface area contributed by atoms with Gasteiger partial charge in [0.05, 0.1) is 24.8 Å². The molecule has 0 aliphatic carbocycles. The molecular formula is C16H12ClFINO3. The van der Waals surface area contributed by atoms with E-state index in [2.05, 4.69) is 10.1 Å². The minimum absolute atomic E-state index is 0.0355. The topological polar surface area (TPSA) is 55.4 Å². The maximum atomic E-state index is 13.5. The maximum Gasteiger partial charge on any atom is 0.340 e. The first-order valence-corrected chi connectivity index (χ1v) is 7.98. The summed E-state index contributed by atoms with van der Waals surface area (Å²) in [4.78, 5) is 24.0. The average molecular weight is 448 g/mol. The molecule has 0 aliphatic heterocycles. The lowest BCUT2D eigenvalue weighted by Gasteiger charge is -2.12. The number of esters is 1. The number of anilines is 1. The third kappa shape index (κ3) is 4.42. The molecule has 0 fully saturated rings. The molecule has 23 heavy (non-hydrogen) atoms.